The molecule has 2 aromatic heterocycles. The average Bonchev–Trinajstić information content (AvgIpc) is 2.65. The SMILES string of the molecule is Cn1cnnc1CCNc1cncc(N)n1. The molecule has 0 bridgehead atoms. The summed E-state index contributed by atoms with van der Waals surface area (Å²) in [4.78, 5) is 8.01. The Morgan fingerprint density at radius 1 is 1.44 bits per heavy atom. The lowest BCUT2D eigenvalue weighted by Crippen LogP contribution is -2.10. The van der Waals surface area contributed by atoms with Gasteiger partial charge in [-0.15, -0.1) is 10.2 Å². The van der Waals surface area contributed by atoms with Gasteiger partial charge in [-0.1, -0.05) is 0 Å². The number of nitrogens with two attached hydrogens (primary N) is 1. The Bertz CT molecular complexity index is 464. The van der Waals surface area contributed by atoms with Crippen molar-refractivity contribution < 1.29 is 0 Å². The number of anilines is 2. The number of hydrogen-bond acceptors (Lipinski definition) is 6. The Kier molecular flexibility index (Phi) is 2.95. The number of aromatic nitrogens is 5. The quantitative estimate of drug-likeness (QED) is 0.742. The van der Waals surface area contributed by atoms with Crippen molar-refractivity contribution in [3.63, 3.8) is 0 Å². The van der Waals surface area contributed by atoms with Crippen LogP contribution in [0, 0.1) is 0 Å². The van der Waals surface area contributed by atoms with Crippen molar-refractivity contribution in [3.8, 4) is 0 Å². The molecule has 2 rings (SSSR count). The second kappa shape index (κ2) is 4.56. The lowest BCUT2D eigenvalue weighted by Gasteiger charge is -2.04. The Morgan fingerprint density at radius 2 is 2.31 bits per heavy atom. The van der Waals surface area contributed by atoms with Crippen molar-refractivity contribution in [3.05, 3.63) is 24.5 Å². The highest BCUT2D eigenvalue weighted by Crippen LogP contribution is 2.03. The van der Waals surface area contributed by atoms with Gasteiger partial charge in [0.05, 0.1) is 12.4 Å². The van der Waals surface area contributed by atoms with Gasteiger partial charge in [0.15, 0.2) is 0 Å². The van der Waals surface area contributed by atoms with E-state index in [-0.39, 0.29) is 0 Å². The van der Waals surface area contributed by atoms with E-state index in [1.165, 1.54) is 6.20 Å². The highest BCUT2D eigenvalue weighted by molar-refractivity contribution is 5.38. The predicted octanol–water partition coefficient (Wildman–Crippen LogP) is -0.158. The summed E-state index contributed by atoms with van der Waals surface area (Å²) in [5.41, 5.74) is 5.51. The standard InChI is InChI=1S/C9H13N7/c1-16-6-13-15-9(16)2-3-12-8-5-11-4-7(10)14-8/h4-6H,2-3H2,1H3,(H3,10,12,14). The van der Waals surface area contributed by atoms with Crippen LogP contribution in [-0.2, 0) is 13.5 Å². The molecule has 2 aromatic rings. The molecule has 7 nitrogen and oxygen atoms in total. The van der Waals surface area contributed by atoms with Crippen molar-refractivity contribution in [1.29, 1.82) is 0 Å². The zero-order valence-corrected chi connectivity index (χ0v) is 8.96. The fraction of sp³-hybridized carbons (Fsp3) is 0.333. The molecule has 0 aliphatic rings. The number of nitrogens with zero attached hydrogens (tertiary/aromatic N) is 5. The molecule has 0 aromatic carbocycles. The molecule has 0 spiro atoms. The van der Waals surface area contributed by atoms with Crippen molar-refractivity contribution in [2.24, 2.45) is 7.05 Å². The Balaban J connectivity index is 1.87. The van der Waals surface area contributed by atoms with Crippen LogP contribution in [0.1, 0.15) is 5.82 Å². The van der Waals surface area contributed by atoms with Crippen LogP contribution < -0.4 is 11.1 Å². The van der Waals surface area contributed by atoms with Crippen molar-refractivity contribution in [2.75, 3.05) is 17.6 Å². The monoisotopic (exact) mass is 219 g/mol. The highest BCUT2D eigenvalue weighted by atomic mass is 15.2. The molecular formula is C9H13N7. The average molecular weight is 219 g/mol. The van der Waals surface area contributed by atoms with E-state index in [1.54, 1.807) is 12.5 Å². The van der Waals surface area contributed by atoms with Gasteiger partial charge < -0.3 is 15.6 Å². The van der Waals surface area contributed by atoms with E-state index in [4.69, 9.17) is 5.73 Å². The number of aryl methyl sites for hydroxylation is 1. The number of nitrogen functional groups attached to an aromatic ring is 1. The summed E-state index contributed by atoms with van der Waals surface area (Å²) < 4.78 is 1.88. The van der Waals surface area contributed by atoms with Crippen molar-refractivity contribution in [2.45, 2.75) is 6.42 Å². The van der Waals surface area contributed by atoms with Gasteiger partial charge in [-0.2, -0.15) is 0 Å². The molecule has 7 heteroatoms. The second-order valence-corrected chi connectivity index (χ2v) is 3.36. The first kappa shape index (κ1) is 10.3. The molecule has 0 aliphatic heterocycles. The van der Waals surface area contributed by atoms with Crippen LogP contribution >= 0.6 is 0 Å². The number of rotatable bonds is 4. The third-order valence-electron chi connectivity index (χ3n) is 2.11. The first-order valence-electron chi connectivity index (χ1n) is 4.90. The number of hydrogen-bond donors (Lipinski definition) is 2. The van der Waals surface area contributed by atoms with E-state index < -0.39 is 0 Å². The number of nitrogens with one attached hydrogen (secondary N) is 1. The van der Waals surface area contributed by atoms with Crippen LogP contribution in [0.5, 0.6) is 0 Å². The van der Waals surface area contributed by atoms with E-state index in [9.17, 15) is 0 Å². The Morgan fingerprint density at radius 3 is 3.00 bits per heavy atom. The molecule has 0 amide bonds. The molecule has 0 atom stereocenters. The molecule has 16 heavy (non-hydrogen) atoms. The van der Waals surface area contributed by atoms with E-state index in [0.717, 1.165) is 12.2 Å². The Hall–Kier alpha value is -2.18. The summed E-state index contributed by atoms with van der Waals surface area (Å²) in [6.07, 6.45) is 5.59. The smallest absolute Gasteiger partial charge is 0.146 e. The van der Waals surface area contributed by atoms with Crippen LogP contribution in [0.15, 0.2) is 18.7 Å². The second-order valence-electron chi connectivity index (χ2n) is 3.36. The molecule has 3 N–H and O–H groups in total. The van der Waals surface area contributed by atoms with Crippen LogP contribution in [0.25, 0.3) is 0 Å². The van der Waals surface area contributed by atoms with Crippen LogP contribution in [0.2, 0.25) is 0 Å². The molecule has 0 radical (unpaired) electrons. The minimum Gasteiger partial charge on any atom is -0.382 e. The minimum absolute atomic E-state index is 0.406. The summed E-state index contributed by atoms with van der Waals surface area (Å²) in [6.45, 7) is 0.713. The van der Waals surface area contributed by atoms with Gasteiger partial charge >= 0.3 is 0 Å². The molecular weight excluding hydrogens is 206 g/mol. The minimum atomic E-state index is 0.406. The van der Waals surface area contributed by atoms with E-state index >= 15 is 0 Å². The molecule has 84 valence electrons. The van der Waals surface area contributed by atoms with Gasteiger partial charge in [-0.3, -0.25) is 4.98 Å². The summed E-state index contributed by atoms with van der Waals surface area (Å²) in [5, 5.41) is 10.9. The third kappa shape index (κ3) is 2.44. The summed E-state index contributed by atoms with van der Waals surface area (Å²) in [7, 11) is 1.91. The summed E-state index contributed by atoms with van der Waals surface area (Å²) in [6, 6.07) is 0. The predicted molar refractivity (Wildman–Crippen MR) is 59.6 cm³/mol. The molecule has 0 saturated heterocycles. The van der Waals surface area contributed by atoms with Crippen LogP contribution in [0.3, 0.4) is 0 Å². The highest BCUT2D eigenvalue weighted by Gasteiger charge is 2.00. The molecule has 0 fully saturated rings. The molecule has 0 saturated carbocycles. The van der Waals surface area contributed by atoms with Gasteiger partial charge in [-0.05, 0) is 0 Å². The van der Waals surface area contributed by atoms with Gasteiger partial charge in [-0.25, -0.2) is 4.98 Å². The van der Waals surface area contributed by atoms with E-state index in [0.29, 0.717) is 18.2 Å². The zero-order valence-electron chi connectivity index (χ0n) is 8.96. The lowest BCUT2D eigenvalue weighted by atomic mass is 10.4. The van der Waals surface area contributed by atoms with Crippen LogP contribution in [0.4, 0.5) is 11.6 Å². The van der Waals surface area contributed by atoms with E-state index in [1.807, 2.05) is 11.6 Å². The molecule has 0 aliphatic carbocycles. The van der Waals surface area contributed by atoms with Gasteiger partial charge in [0.2, 0.25) is 0 Å². The molecule has 2 heterocycles. The van der Waals surface area contributed by atoms with Crippen molar-refractivity contribution in [1.82, 2.24) is 24.7 Å². The fourth-order valence-corrected chi connectivity index (χ4v) is 1.30. The van der Waals surface area contributed by atoms with Gasteiger partial charge in [0.1, 0.15) is 23.8 Å². The summed E-state index contributed by atoms with van der Waals surface area (Å²) >= 11 is 0. The largest absolute Gasteiger partial charge is 0.382 e. The maximum Gasteiger partial charge on any atom is 0.146 e. The molecule has 0 unspecified atom stereocenters. The van der Waals surface area contributed by atoms with Crippen molar-refractivity contribution >= 4 is 11.6 Å². The normalized spacial score (nSPS) is 10.3. The first-order chi connectivity index (χ1) is 7.75. The summed E-state index contributed by atoms with van der Waals surface area (Å²) in [5.74, 6) is 2.00. The topological polar surface area (TPSA) is 94.5 Å². The fourth-order valence-electron chi connectivity index (χ4n) is 1.30. The van der Waals surface area contributed by atoms with Gasteiger partial charge in [0.25, 0.3) is 0 Å². The van der Waals surface area contributed by atoms with Gasteiger partial charge in [0, 0.05) is 20.0 Å². The zero-order chi connectivity index (χ0) is 11.4. The third-order valence-corrected chi connectivity index (χ3v) is 2.11. The maximum absolute atomic E-state index is 5.51. The first-order valence-corrected chi connectivity index (χ1v) is 4.90. The maximum atomic E-state index is 5.51. The lowest BCUT2D eigenvalue weighted by molar-refractivity contribution is 0.787. The van der Waals surface area contributed by atoms with Crippen LogP contribution in [-0.4, -0.2) is 31.3 Å². The Labute approximate surface area is 92.7 Å². The van der Waals surface area contributed by atoms with E-state index in [2.05, 4.69) is 25.5 Å².